The van der Waals surface area contributed by atoms with Gasteiger partial charge >= 0.3 is 0 Å². The third-order valence-corrected chi connectivity index (χ3v) is 4.67. The molecule has 0 aliphatic carbocycles. The smallest absolute Gasteiger partial charge is 0.271 e. The Bertz CT molecular complexity index is 1180. The Morgan fingerprint density at radius 3 is 2.53 bits per heavy atom. The third-order valence-electron chi connectivity index (χ3n) is 4.67. The maximum Gasteiger partial charge on any atom is 0.271 e. The van der Waals surface area contributed by atoms with E-state index in [0.29, 0.717) is 40.7 Å². The SMILES string of the molecule is CCOc1cc(C(=O)N/N=C/c2ccccc2OCC(=O)Nc2cccc(C)c2)ccc1OC. The zero-order valence-electron chi connectivity index (χ0n) is 19.3. The van der Waals surface area contributed by atoms with E-state index in [1.807, 2.05) is 38.1 Å². The Balaban J connectivity index is 1.60. The van der Waals surface area contributed by atoms with Gasteiger partial charge in [-0.15, -0.1) is 0 Å². The lowest BCUT2D eigenvalue weighted by molar-refractivity contribution is -0.118. The standard InChI is InChI=1S/C26H27N3O5/c1-4-33-24-15-19(12-13-23(24)32-3)26(31)29-27-16-20-9-5-6-11-22(20)34-17-25(30)28-21-10-7-8-18(2)14-21/h5-16H,4,17H2,1-3H3,(H,28,30)(H,29,31)/b27-16+. The number of ether oxygens (including phenoxy) is 3. The molecule has 0 atom stereocenters. The van der Waals surface area contributed by atoms with Crippen molar-refractivity contribution in [1.29, 1.82) is 0 Å². The molecular formula is C26H27N3O5. The van der Waals surface area contributed by atoms with Gasteiger partial charge in [-0.25, -0.2) is 5.43 Å². The quantitative estimate of drug-likeness (QED) is 0.349. The first-order valence-electron chi connectivity index (χ1n) is 10.7. The van der Waals surface area contributed by atoms with Gasteiger partial charge in [0.15, 0.2) is 18.1 Å². The van der Waals surface area contributed by atoms with Crippen LogP contribution in [0.1, 0.15) is 28.4 Å². The highest BCUT2D eigenvalue weighted by Gasteiger charge is 2.11. The van der Waals surface area contributed by atoms with Gasteiger partial charge in [0.2, 0.25) is 0 Å². The molecule has 0 aromatic heterocycles. The van der Waals surface area contributed by atoms with E-state index in [9.17, 15) is 9.59 Å². The molecule has 0 saturated carbocycles. The van der Waals surface area contributed by atoms with Crippen LogP contribution in [0.15, 0.2) is 71.8 Å². The topological polar surface area (TPSA) is 98.3 Å². The number of hydrogen-bond donors (Lipinski definition) is 2. The van der Waals surface area contributed by atoms with Crippen LogP contribution in [0.4, 0.5) is 5.69 Å². The first-order valence-corrected chi connectivity index (χ1v) is 10.7. The number of carbonyl (C=O) groups excluding carboxylic acids is 2. The molecule has 34 heavy (non-hydrogen) atoms. The highest BCUT2D eigenvalue weighted by atomic mass is 16.5. The van der Waals surface area contributed by atoms with E-state index < -0.39 is 5.91 Å². The number of nitrogens with one attached hydrogen (secondary N) is 2. The van der Waals surface area contributed by atoms with Crippen molar-refractivity contribution in [3.8, 4) is 17.2 Å². The Morgan fingerprint density at radius 2 is 1.76 bits per heavy atom. The molecule has 0 saturated heterocycles. The molecule has 8 heteroatoms. The number of para-hydroxylation sites is 1. The molecule has 0 spiro atoms. The number of rotatable bonds is 10. The van der Waals surface area contributed by atoms with Crippen molar-refractivity contribution in [2.45, 2.75) is 13.8 Å². The minimum Gasteiger partial charge on any atom is -0.493 e. The summed E-state index contributed by atoms with van der Waals surface area (Å²) in [6.45, 7) is 4.08. The Morgan fingerprint density at radius 1 is 0.941 bits per heavy atom. The first kappa shape index (κ1) is 24.3. The molecule has 0 fully saturated rings. The van der Waals surface area contributed by atoms with Gasteiger partial charge in [0.05, 0.1) is 19.9 Å². The second-order valence-corrected chi connectivity index (χ2v) is 7.24. The lowest BCUT2D eigenvalue weighted by atomic mass is 10.2. The zero-order chi connectivity index (χ0) is 24.3. The summed E-state index contributed by atoms with van der Waals surface area (Å²) in [6.07, 6.45) is 1.46. The van der Waals surface area contributed by atoms with Crippen LogP contribution in [0, 0.1) is 6.92 Å². The van der Waals surface area contributed by atoms with E-state index >= 15 is 0 Å². The minimum absolute atomic E-state index is 0.169. The number of amides is 2. The number of anilines is 1. The molecule has 0 radical (unpaired) electrons. The normalized spacial score (nSPS) is 10.6. The summed E-state index contributed by atoms with van der Waals surface area (Å²) in [5.74, 6) is 0.790. The van der Waals surface area contributed by atoms with E-state index in [2.05, 4.69) is 15.8 Å². The summed E-state index contributed by atoms with van der Waals surface area (Å²) in [5.41, 5.74) is 5.22. The average molecular weight is 462 g/mol. The van der Waals surface area contributed by atoms with Gasteiger partial charge in [-0.3, -0.25) is 9.59 Å². The van der Waals surface area contributed by atoms with Gasteiger partial charge in [-0.1, -0.05) is 24.3 Å². The highest BCUT2D eigenvalue weighted by Crippen LogP contribution is 2.28. The number of benzene rings is 3. The number of methoxy groups -OCH3 is 1. The molecule has 2 amide bonds. The van der Waals surface area contributed by atoms with E-state index in [0.717, 1.165) is 5.56 Å². The van der Waals surface area contributed by atoms with E-state index in [4.69, 9.17) is 14.2 Å². The molecule has 0 aliphatic heterocycles. The fraction of sp³-hybridized carbons (Fsp3) is 0.192. The van der Waals surface area contributed by atoms with Crippen LogP contribution in [-0.4, -0.2) is 38.4 Å². The van der Waals surface area contributed by atoms with Gasteiger partial charge in [-0.2, -0.15) is 5.10 Å². The molecule has 3 rings (SSSR count). The monoisotopic (exact) mass is 461 g/mol. The Kier molecular flexibility index (Phi) is 8.62. The third kappa shape index (κ3) is 6.83. The van der Waals surface area contributed by atoms with Crippen molar-refractivity contribution in [2.75, 3.05) is 25.6 Å². The molecule has 3 aromatic rings. The lowest BCUT2D eigenvalue weighted by Crippen LogP contribution is -2.20. The molecular weight excluding hydrogens is 434 g/mol. The number of hydrazone groups is 1. The van der Waals surface area contributed by atoms with Crippen molar-refractivity contribution in [2.24, 2.45) is 5.10 Å². The van der Waals surface area contributed by atoms with Crippen LogP contribution < -0.4 is 25.0 Å². The number of hydrogen-bond acceptors (Lipinski definition) is 6. The molecule has 3 aromatic carbocycles. The second kappa shape index (κ2) is 12.1. The minimum atomic E-state index is -0.407. The van der Waals surface area contributed by atoms with Crippen LogP contribution in [-0.2, 0) is 4.79 Å². The van der Waals surface area contributed by atoms with Crippen molar-refractivity contribution >= 4 is 23.7 Å². The summed E-state index contributed by atoms with van der Waals surface area (Å²) in [6, 6.07) is 19.5. The van der Waals surface area contributed by atoms with Gasteiger partial charge in [-0.05, 0) is 61.9 Å². The molecule has 0 bridgehead atoms. The summed E-state index contributed by atoms with van der Waals surface area (Å²) in [7, 11) is 1.54. The summed E-state index contributed by atoms with van der Waals surface area (Å²) >= 11 is 0. The highest BCUT2D eigenvalue weighted by molar-refractivity contribution is 5.96. The number of aryl methyl sites for hydroxylation is 1. The van der Waals surface area contributed by atoms with Gasteiger partial charge < -0.3 is 19.5 Å². The second-order valence-electron chi connectivity index (χ2n) is 7.24. The van der Waals surface area contributed by atoms with Gasteiger partial charge in [0.1, 0.15) is 5.75 Å². The number of carbonyl (C=O) groups is 2. The van der Waals surface area contributed by atoms with Crippen molar-refractivity contribution < 1.29 is 23.8 Å². The van der Waals surface area contributed by atoms with Gasteiger partial charge in [0.25, 0.3) is 11.8 Å². The molecule has 0 aliphatic rings. The van der Waals surface area contributed by atoms with Crippen molar-refractivity contribution in [3.63, 3.8) is 0 Å². The predicted molar refractivity (Wildman–Crippen MR) is 131 cm³/mol. The van der Waals surface area contributed by atoms with Gasteiger partial charge in [0, 0.05) is 16.8 Å². The van der Waals surface area contributed by atoms with Crippen LogP contribution >= 0.6 is 0 Å². The fourth-order valence-corrected chi connectivity index (χ4v) is 3.09. The summed E-state index contributed by atoms with van der Waals surface area (Å²) < 4.78 is 16.4. The first-order chi connectivity index (χ1) is 16.5. The van der Waals surface area contributed by atoms with E-state index in [-0.39, 0.29) is 12.5 Å². The van der Waals surface area contributed by atoms with Crippen molar-refractivity contribution in [1.82, 2.24) is 5.43 Å². The summed E-state index contributed by atoms with van der Waals surface area (Å²) in [5, 5.41) is 6.82. The fourth-order valence-electron chi connectivity index (χ4n) is 3.09. The molecule has 0 heterocycles. The average Bonchev–Trinajstić information content (AvgIpc) is 2.83. The van der Waals surface area contributed by atoms with Crippen LogP contribution in [0.2, 0.25) is 0 Å². The largest absolute Gasteiger partial charge is 0.493 e. The molecule has 8 nitrogen and oxygen atoms in total. The van der Waals surface area contributed by atoms with Crippen molar-refractivity contribution in [3.05, 3.63) is 83.4 Å². The van der Waals surface area contributed by atoms with E-state index in [1.54, 1.807) is 42.5 Å². The maximum atomic E-state index is 12.5. The molecule has 0 unspecified atom stereocenters. The van der Waals surface area contributed by atoms with E-state index in [1.165, 1.54) is 13.3 Å². The Hall–Kier alpha value is -4.33. The predicted octanol–water partition coefficient (Wildman–Crippen LogP) is 4.18. The number of nitrogens with zero attached hydrogens (tertiary/aromatic N) is 1. The molecule has 176 valence electrons. The zero-order valence-corrected chi connectivity index (χ0v) is 19.3. The summed E-state index contributed by atoms with van der Waals surface area (Å²) in [4.78, 5) is 24.7. The maximum absolute atomic E-state index is 12.5. The van der Waals surface area contributed by atoms with Crippen LogP contribution in [0.5, 0.6) is 17.2 Å². The van der Waals surface area contributed by atoms with Crippen LogP contribution in [0.25, 0.3) is 0 Å². The Labute approximate surface area is 198 Å². The van der Waals surface area contributed by atoms with Crippen LogP contribution in [0.3, 0.4) is 0 Å². The molecule has 2 N–H and O–H groups in total. The lowest BCUT2D eigenvalue weighted by Gasteiger charge is -2.11.